The van der Waals surface area contributed by atoms with Crippen LogP contribution in [0.1, 0.15) is 10.4 Å². The predicted molar refractivity (Wildman–Crippen MR) is 74.5 cm³/mol. The van der Waals surface area contributed by atoms with Gasteiger partial charge in [0.1, 0.15) is 5.69 Å². The van der Waals surface area contributed by atoms with E-state index < -0.39 is 0 Å². The molecule has 0 saturated heterocycles. The highest BCUT2D eigenvalue weighted by Crippen LogP contribution is 2.27. The van der Waals surface area contributed by atoms with Crippen LogP contribution in [0.5, 0.6) is 0 Å². The van der Waals surface area contributed by atoms with Crippen molar-refractivity contribution >= 4 is 34.3 Å². The number of thiophene rings is 1. The first-order chi connectivity index (χ1) is 8.56. The van der Waals surface area contributed by atoms with Crippen LogP contribution in [-0.4, -0.2) is 4.92 Å². The second kappa shape index (κ2) is 5.37. The molecule has 0 saturated carbocycles. The Morgan fingerprint density at radius 3 is 2.78 bits per heavy atom. The lowest BCUT2D eigenvalue weighted by molar-refractivity contribution is -0.384. The maximum Gasteiger partial charge on any atom is 0.292 e. The highest BCUT2D eigenvalue weighted by molar-refractivity contribution is 7.16. The number of nitro benzene ring substituents is 1. The molecule has 1 N–H and O–H groups in total. The van der Waals surface area contributed by atoms with Gasteiger partial charge in [0.25, 0.3) is 5.69 Å². The topological polar surface area (TPSA) is 55.2 Å². The number of nitro groups is 1. The van der Waals surface area contributed by atoms with Gasteiger partial charge in [0.15, 0.2) is 0 Å². The van der Waals surface area contributed by atoms with Crippen molar-refractivity contribution in [1.82, 2.24) is 0 Å². The number of rotatable bonds is 4. The number of anilines is 1. The minimum atomic E-state index is -0.386. The van der Waals surface area contributed by atoms with Gasteiger partial charge in [-0.25, -0.2) is 0 Å². The van der Waals surface area contributed by atoms with E-state index in [2.05, 4.69) is 5.32 Å². The third kappa shape index (κ3) is 3.00. The lowest BCUT2D eigenvalue weighted by Gasteiger charge is -2.06. The SMILES string of the molecule is Cc1ccc([N+](=O)[O-])c(NCc2ccc(Cl)s2)c1. The van der Waals surface area contributed by atoms with Crippen molar-refractivity contribution < 1.29 is 4.92 Å². The molecule has 6 heteroatoms. The third-order valence-electron chi connectivity index (χ3n) is 2.43. The van der Waals surface area contributed by atoms with Gasteiger partial charge in [-0.2, -0.15) is 0 Å². The first-order valence-electron chi connectivity index (χ1n) is 5.29. The summed E-state index contributed by atoms with van der Waals surface area (Å²) in [7, 11) is 0. The van der Waals surface area contributed by atoms with E-state index in [9.17, 15) is 10.1 Å². The lowest BCUT2D eigenvalue weighted by Crippen LogP contribution is -2.01. The summed E-state index contributed by atoms with van der Waals surface area (Å²) in [5.74, 6) is 0. The average Bonchev–Trinajstić information content (AvgIpc) is 2.72. The molecule has 0 bridgehead atoms. The fourth-order valence-corrected chi connectivity index (χ4v) is 2.61. The van der Waals surface area contributed by atoms with E-state index in [1.807, 2.05) is 19.1 Å². The first kappa shape index (κ1) is 12.9. The van der Waals surface area contributed by atoms with Crippen LogP contribution in [0.4, 0.5) is 11.4 Å². The van der Waals surface area contributed by atoms with Gasteiger partial charge in [0.2, 0.25) is 0 Å². The molecule has 0 aliphatic rings. The van der Waals surface area contributed by atoms with Crippen LogP contribution in [0, 0.1) is 17.0 Å². The van der Waals surface area contributed by atoms with Gasteiger partial charge < -0.3 is 5.32 Å². The minimum absolute atomic E-state index is 0.0863. The Balaban J connectivity index is 2.17. The van der Waals surface area contributed by atoms with Crippen molar-refractivity contribution in [2.75, 3.05) is 5.32 Å². The second-order valence-corrected chi connectivity index (χ2v) is 5.64. The molecule has 0 aliphatic carbocycles. The summed E-state index contributed by atoms with van der Waals surface area (Å²) in [4.78, 5) is 11.5. The molecule has 0 fully saturated rings. The third-order valence-corrected chi connectivity index (χ3v) is 3.66. The van der Waals surface area contributed by atoms with Gasteiger partial charge in [-0.15, -0.1) is 11.3 Å². The summed E-state index contributed by atoms with van der Waals surface area (Å²) < 4.78 is 0.713. The Kier molecular flexibility index (Phi) is 3.84. The van der Waals surface area contributed by atoms with E-state index >= 15 is 0 Å². The fraction of sp³-hybridized carbons (Fsp3) is 0.167. The molecule has 0 spiro atoms. The van der Waals surface area contributed by atoms with Crippen LogP contribution in [-0.2, 0) is 6.54 Å². The van der Waals surface area contributed by atoms with Gasteiger partial charge in [0.05, 0.1) is 9.26 Å². The molecule has 18 heavy (non-hydrogen) atoms. The van der Waals surface area contributed by atoms with Crippen molar-refractivity contribution in [3.8, 4) is 0 Å². The summed E-state index contributed by atoms with van der Waals surface area (Å²) in [6.07, 6.45) is 0. The Hall–Kier alpha value is -1.59. The van der Waals surface area contributed by atoms with E-state index in [0.29, 0.717) is 16.6 Å². The van der Waals surface area contributed by atoms with E-state index in [4.69, 9.17) is 11.6 Å². The molecule has 0 aliphatic heterocycles. The fourth-order valence-electron chi connectivity index (χ4n) is 1.58. The standard InChI is InChI=1S/C12H11ClN2O2S/c1-8-2-4-11(15(16)17)10(6-8)14-7-9-3-5-12(13)18-9/h2-6,14H,7H2,1H3. The van der Waals surface area contributed by atoms with Crippen molar-refractivity contribution in [2.45, 2.75) is 13.5 Å². The largest absolute Gasteiger partial charge is 0.375 e. The van der Waals surface area contributed by atoms with Crippen LogP contribution in [0.25, 0.3) is 0 Å². The van der Waals surface area contributed by atoms with Gasteiger partial charge in [0, 0.05) is 17.5 Å². The van der Waals surface area contributed by atoms with Crippen LogP contribution in [0.3, 0.4) is 0 Å². The quantitative estimate of drug-likeness (QED) is 0.674. The van der Waals surface area contributed by atoms with Crippen molar-refractivity contribution in [2.24, 2.45) is 0 Å². The van der Waals surface area contributed by atoms with Gasteiger partial charge in [-0.3, -0.25) is 10.1 Å². The van der Waals surface area contributed by atoms with E-state index in [1.165, 1.54) is 17.4 Å². The zero-order valence-corrected chi connectivity index (χ0v) is 11.2. The number of hydrogen-bond donors (Lipinski definition) is 1. The molecule has 2 aromatic rings. The van der Waals surface area contributed by atoms with Gasteiger partial charge in [-0.05, 0) is 30.7 Å². The number of aryl methyl sites for hydroxylation is 1. The molecular weight excluding hydrogens is 272 g/mol. The number of hydrogen-bond acceptors (Lipinski definition) is 4. The number of nitrogens with zero attached hydrogens (tertiary/aromatic N) is 1. The normalized spacial score (nSPS) is 10.3. The van der Waals surface area contributed by atoms with Crippen molar-refractivity contribution in [1.29, 1.82) is 0 Å². The lowest BCUT2D eigenvalue weighted by atomic mass is 10.2. The van der Waals surface area contributed by atoms with Crippen molar-refractivity contribution in [3.63, 3.8) is 0 Å². The molecule has 4 nitrogen and oxygen atoms in total. The maximum atomic E-state index is 10.9. The van der Waals surface area contributed by atoms with Gasteiger partial charge >= 0.3 is 0 Å². The Bertz CT molecular complexity index is 583. The summed E-state index contributed by atoms with van der Waals surface area (Å²) in [5.41, 5.74) is 1.60. The van der Waals surface area contributed by atoms with Crippen LogP contribution >= 0.6 is 22.9 Å². The van der Waals surface area contributed by atoms with E-state index in [0.717, 1.165) is 10.4 Å². The Labute approximate surface area is 113 Å². The van der Waals surface area contributed by atoms with Crippen LogP contribution in [0.2, 0.25) is 4.34 Å². The predicted octanol–water partition coefficient (Wildman–Crippen LogP) is 4.23. The van der Waals surface area contributed by atoms with Crippen LogP contribution < -0.4 is 5.32 Å². The Morgan fingerprint density at radius 2 is 2.17 bits per heavy atom. The summed E-state index contributed by atoms with van der Waals surface area (Å²) in [6, 6.07) is 8.73. The first-order valence-corrected chi connectivity index (χ1v) is 6.49. The average molecular weight is 283 g/mol. The zero-order valence-electron chi connectivity index (χ0n) is 9.64. The van der Waals surface area contributed by atoms with Gasteiger partial charge in [-0.1, -0.05) is 17.7 Å². The molecule has 1 heterocycles. The highest BCUT2D eigenvalue weighted by atomic mass is 35.5. The smallest absolute Gasteiger partial charge is 0.292 e. The van der Waals surface area contributed by atoms with Crippen molar-refractivity contribution in [3.05, 3.63) is 55.2 Å². The van der Waals surface area contributed by atoms with E-state index in [-0.39, 0.29) is 10.6 Å². The molecule has 0 radical (unpaired) electrons. The molecule has 94 valence electrons. The summed E-state index contributed by atoms with van der Waals surface area (Å²) >= 11 is 7.29. The highest BCUT2D eigenvalue weighted by Gasteiger charge is 2.13. The molecule has 0 unspecified atom stereocenters. The number of halogens is 1. The molecule has 1 aromatic heterocycles. The maximum absolute atomic E-state index is 10.9. The number of benzene rings is 1. The monoisotopic (exact) mass is 282 g/mol. The van der Waals surface area contributed by atoms with E-state index in [1.54, 1.807) is 12.1 Å². The molecule has 0 atom stereocenters. The molecular formula is C12H11ClN2O2S. The molecule has 0 amide bonds. The molecule has 1 aromatic carbocycles. The second-order valence-electron chi connectivity index (χ2n) is 3.84. The molecule has 2 rings (SSSR count). The number of nitrogens with one attached hydrogen (secondary N) is 1. The van der Waals surface area contributed by atoms with Crippen LogP contribution in [0.15, 0.2) is 30.3 Å². The minimum Gasteiger partial charge on any atom is -0.375 e. The zero-order chi connectivity index (χ0) is 13.1. The Morgan fingerprint density at radius 1 is 1.39 bits per heavy atom. The summed E-state index contributed by atoms with van der Waals surface area (Å²) in [6.45, 7) is 2.43. The summed E-state index contributed by atoms with van der Waals surface area (Å²) in [5, 5.41) is 14.0.